The van der Waals surface area contributed by atoms with Crippen molar-refractivity contribution in [3.8, 4) is 0 Å². The van der Waals surface area contributed by atoms with Gasteiger partial charge in [-0.05, 0) is 12.1 Å². The SMILES string of the molecule is O=C(Nc1c(F)c(F)cc(F)c1F)c1nc(Cl)ccc1Cl. The van der Waals surface area contributed by atoms with Gasteiger partial charge in [0.1, 0.15) is 16.5 Å². The number of carbonyl (C=O) groups excluding carboxylic acids is 1. The topological polar surface area (TPSA) is 42.0 Å². The fourth-order valence-electron chi connectivity index (χ4n) is 1.43. The van der Waals surface area contributed by atoms with Crippen LogP contribution in [0.1, 0.15) is 10.5 Å². The molecular formula is C12H4Cl2F4N2O. The number of nitrogens with one attached hydrogen (secondary N) is 1. The molecule has 0 radical (unpaired) electrons. The van der Waals surface area contributed by atoms with Gasteiger partial charge in [-0.2, -0.15) is 0 Å². The molecule has 0 aliphatic heterocycles. The number of aromatic nitrogens is 1. The molecule has 21 heavy (non-hydrogen) atoms. The molecule has 0 atom stereocenters. The van der Waals surface area contributed by atoms with E-state index >= 15 is 0 Å². The summed E-state index contributed by atoms with van der Waals surface area (Å²) in [6.07, 6.45) is 0. The summed E-state index contributed by atoms with van der Waals surface area (Å²) in [5.41, 5.74) is -1.73. The summed E-state index contributed by atoms with van der Waals surface area (Å²) in [5.74, 6) is -7.99. The molecule has 2 rings (SSSR count). The molecule has 0 bridgehead atoms. The first-order valence-corrected chi connectivity index (χ1v) is 6.03. The molecular weight excluding hydrogens is 335 g/mol. The first kappa shape index (κ1) is 15.5. The lowest BCUT2D eigenvalue weighted by atomic mass is 10.2. The molecule has 0 aliphatic carbocycles. The molecule has 0 unspecified atom stereocenters. The third-order valence-corrected chi connectivity index (χ3v) is 2.89. The van der Waals surface area contributed by atoms with Gasteiger partial charge in [0, 0.05) is 6.07 Å². The maximum Gasteiger partial charge on any atom is 0.276 e. The van der Waals surface area contributed by atoms with Gasteiger partial charge in [-0.15, -0.1) is 0 Å². The minimum Gasteiger partial charge on any atom is -0.315 e. The molecule has 1 heterocycles. The average molecular weight is 339 g/mol. The van der Waals surface area contributed by atoms with Crippen LogP contribution in [-0.2, 0) is 0 Å². The van der Waals surface area contributed by atoms with E-state index in [2.05, 4.69) is 4.98 Å². The van der Waals surface area contributed by atoms with Crippen LogP contribution in [0.3, 0.4) is 0 Å². The van der Waals surface area contributed by atoms with E-state index in [0.717, 1.165) is 0 Å². The number of benzene rings is 1. The van der Waals surface area contributed by atoms with Gasteiger partial charge in [0.2, 0.25) is 0 Å². The van der Waals surface area contributed by atoms with E-state index in [9.17, 15) is 22.4 Å². The Hall–Kier alpha value is -1.86. The Morgan fingerprint density at radius 2 is 1.62 bits per heavy atom. The van der Waals surface area contributed by atoms with Crippen molar-refractivity contribution in [3.63, 3.8) is 0 Å². The highest BCUT2D eigenvalue weighted by Crippen LogP contribution is 2.25. The van der Waals surface area contributed by atoms with Crippen LogP contribution in [0.4, 0.5) is 23.2 Å². The number of hydrogen-bond acceptors (Lipinski definition) is 2. The van der Waals surface area contributed by atoms with Crippen LogP contribution in [0.5, 0.6) is 0 Å². The summed E-state index contributed by atoms with van der Waals surface area (Å²) in [7, 11) is 0. The van der Waals surface area contributed by atoms with Crippen LogP contribution in [0.15, 0.2) is 18.2 Å². The zero-order valence-electron chi connectivity index (χ0n) is 9.86. The van der Waals surface area contributed by atoms with Crippen molar-refractivity contribution in [1.29, 1.82) is 0 Å². The van der Waals surface area contributed by atoms with Gasteiger partial charge in [0.25, 0.3) is 5.91 Å². The number of halogens is 6. The average Bonchev–Trinajstić information content (AvgIpc) is 2.43. The second-order valence-corrected chi connectivity index (χ2v) is 4.56. The van der Waals surface area contributed by atoms with E-state index in [4.69, 9.17) is 23.2 Å². The maximum absolute atomic E-state index is 13.4. The van der Waals surface area contributed by atoms with Crippen molar-refractivity contribution >= 4 is 34.8 Å². The van der Waals surface area contributed by atoms with Gasteiger partial charge in [-0.1, -0.05) is 23.2 Å². The predicted molar refractivity (Wildman–Crippen MR) is 68.5 cm³/mol. The molecule has 3 nitrogen and oxygen atoms in total. The van der Waals surface area contributed by atoms with E-state index in [1.165, 1.54) is 12.1 Å². The first-order chi connectivity index (χ1) is 9.81. The van der Waals surface area contributed by atoms with Gasteiger partial charge >= 0.3 is 0 Å². The Kier molecular flexibility index (Phi) is 4.34. The predicted octanol–water partition coefficient (Wildman–Crippen LogP) is 4.20. The first-order valence-electron chi connectivity index (χ1n) is 5.27. The zero-order valence-corrected chi connectivity index (χ0v) is 11.4. The summed E-state index contributed by atoms with van der Waals surface area (Å²) in [5, 5.41) is 1.41. The Labute approximate surface area is 125 Å². The molecule has 0 spiro atoms. The van der Waals surface area contributed by atoms with Crippen molar-refractivity contribution in [1.82, 2.24) is 4.98 Å². The number of nitrogens with zero attached hydrogens (tertiary/aromatic N) is 1. The van der Waals surface area contributed by atoms with E-state index < -0.39 is 40.6 Å². The molecule has 1 amide bonds. The van der Waals surface area contributed by atoms with Crippen molar-refractivity contribution in [2.24, 2.45) is 0 Å². The Balaban J connectivity index is 2.43. The van der Waals surface area contributed by atoms with E-state index in [0.29, 0.717) is 0 Å². The van der Waals surface area contributed by atoms with Gasteiger partial charge in [-0.25, -0.2) is 22.5 Å². The summed E-state index contributed by atoms with van der Waals surface area (Å²) < 4.78 is 52.9. The molecule has 9 heteroatoms. The summed E-state index contributed by atoms with van der Waals surface area (Å²) in [4.78, 5) is 15.4. The number of hydrogen-bond donors (Lipinski definition) is 1. The summed E-state index contributed by atoms with van der Waals surface area (Å²) in [6.45, 7) is 0. The van der Waals surface area contributed by atoms with Gasteiger partial charge in [0.15, 0.2) is 23.3 Å². The molecule has 0 fully saturated rings. The summed E-state index contributed by atoms with van der Waals surface area (Å²) in [6, 6.07) is 2.53. The summed E-state index contributed by atoms with van der Waals surface area (Å²) >= 11 is 11.2. The lowest BCUT2D eigenvalue weighted by molar-refractivity contribution is 0.102. The third-order valence-electron chi connectivity index (χ3n) is 2.38. The van der Waals surface area contributed by atoms with Gasteiger partial charge in [-0.3, -0.25) is 4.79 Å². The van der Waals surface area contributed by atoms with Crippen molar-refractivity contribution in [2.75, 3.05) is 5.32 Å². The van der Waals surface area contributed by atoms with Crippen LogP contribution >= 0.6 is 23.2 Å². The lowest BCUT2D eigenvalue weighted by Gasteiger charge is -2.09. The van der Waals surface area contributed by atoms with Crippen molar-refractivity contribution < 1.29 is 22.4 Å². The Morgan fingerprint density at radius 1 is 1.05 bits per heavy atom. The highest BCUT2D eigenvalue weighted by Gasteiger charge is 2.23. The van der Waals surface area contributed by atoms with Crippen molar-refractivity contribution in [3.05, 3.63) is 57.3 Å². The number of amides is 1. The number of pyridine rings is 1. The molecule has 1 aromatic heterocycles. The highest BCUT2D eigenvalue weighted by molar-refractivity contribution is 6.35. The van der Waals surface area contributed by atoms with Crippen LogP contribution in [0.25, 0.3) is 0 Å². The number of carbonyl (C=O) groups is 1. The standard InChI is InChI=1S/C12H4Cl2F4N2O/c13-4-1-2-7(14)19-10(4)12(21)20-11-8(17)5(15)3-6(16)9(11)18/h1-3H,(H,20,21). The smallest absolute Gasteiger partial charge is 0.276 e. The normalized spacial score (nSPS) is 10.6. The number of rotatable bonds is 2. The van der Waals surface area contributed by atoms with Crippen LogP contribution < -0.4 is 5.32 Å². The lowest BCUT2D eigenvalue weighted by Crippen LogP contribution is -2.17. The molecule has 0 saturated carbocycles. The Morgan fingerprint density at radius 3 is 2.19 bits per heavy atom. The monoisotopic (exact) mass is 338 g/mol. The van der Waals surface area contributed by atoms with Crippen LogP contribution in [0, 0.1) is 23.3 Å². The molecule has 2 aromatic rings. The second kappa shape index (κ2) is 5.87. The third kappa shape index (κ3) is 3.08. The van der Waals surface area contributed by atoms with E-state index in [1.807, 2.05) is 0 Å². The molecule has 0 saturated heterocycles. The molecule has 1 aromatic carbocycles. The van der Waals surface area contributed by atoms with Gasteiger partial charge < -0.3 is 5.32 Å². The maximum atomic E-state index is 13.4. The fourth-order valence-corrected chi connectivity index (χ4v) is 1.77. The van der Waals surface area contributed by atoms with E-state index in [-0.39, 0.29) is 16.2 Å². The zero-order chi connectivity index (χ0) is 15.7. The minimum atomic E-state index is -1.75. The van der Waals surface area contributed by atoms with Gasteiger partial charge in [0.05, 0.1) is 5.02 Å². The number of anilines is 1. The largest absolute Gasteiger partial charge is 0.315 e. The second-order valence-electron chi connectivity index (χ2n) is 3.76. The quantitative estimate of drug-likeness (QED) is 0.506. The minimum absolute atomic E-state index is 0.0188. The highest BCUT2D eigenvalue weighted by atomic mass is 35.5. The van der Waals surface area contributed by atoms with E-state index in [1.54, 1.807) is 5.32 Å². The van der Waals surface area contributed by atoms with Crippen LogP contribution in [-0.4, -0.2) is 10.9 Å². The molecule has 0 aliphatic rings. The van der Waals surface area contributed by atoms with Crippen molar-refractivity contribution in [2.45, 2.75) is 0 Å². The fraction of sp³-hybridized carbons (Fsp3) is 0. The Bertz CT molecular complexity index is 713. The molecule has 1 N–H and O–H groups in total. The molecule has 110 valence electrons. The van der Waals surface area contributed by atoms with Crippen LogP contribution in [0.2, 0.25) is 10.2 Å².